The van der Waals surface area contributed by atoms with E-state index in [-0.39, 0.29) is 11.7 Å². The minimum absolute atomic E-state index is 0.0347. The van der Waals surface area contributed by atoms with Gasteiger partial charge in [0, 0.05) is 18.2 Å². The molecule has 1 saturated carbocycles. The summed E-state index contributed by atoms with van der Waals surface area (Å²) in [6, 6.07) is 1.71. The van der Waals surface area contributed by atoms with Crippen LogP contribution in [0, 0.1) is 21.8 Å². The first kappa shape index (κ1) is 15.2. The van der Waals surface area contributed by atoms with Gasteiger partial charge in [-0.1, -0.05) is 19.8 Å². The zero-order valence-electron chi connectivity index (χ0n) is 11.6. The van der Waals surface area contributed by atoms with Gasteiger partial charge in [0.1, 0.15) is 17.1 Å². The van der Waals surface area contributed by atoms with Crippen molar-refractivity contribution in [2.75, 3.05) is 5.32 Å². The van der Waals surface area contributed by atoms with Crippen LogP contribution in [-0.2, 0) is 0 Å². The van der Waals surface area contributed by atoms with Gasteiger partial charge in [-0.15, -0.1) is 0 Å². The van der Waals surface area contributed by atoms with Gasteiger partial charge in [-0.25, -0.2) is 9.18 Å². The van der Waals surface area contributed by atoms with Gasteiger partial charge in [0.2, 0.25) is 0 Å². The van der Waals surface area contributed by atoms with Crippen molar-refractivity contribution in [2.24, 2.45) is 5.92 Å². The third kappa shape index (κ3) is 3.29. The monoisotopic (exact) mass is 296 g/mol. The average Bonchev–Trinajstić information content (AvgIpc) is 2.40. The maximum atomic E-state index is 13.8. The molecule has 6 nitrogen and oxygen atoms in total. The number of carbonyl (C=O) groups is 1. The van der Waals surface area contributed by atoms with E-state index < -0.39 is 28.0 Å². The van der Waals surface area contributed by atoms with Crippen molar-refractivity contribution in [1.82, 2.24) is 0 Å². The van der Waals surface area contributed by atoms with E-state index in [9.17, 15) is 19.3 Å². The molecule has 2 N–H and O–H groups in total. The van der Waals surface area contributed by atoms with Gasteiger partial charge in [-0.2, -0.15) is 0 Å². The second kappa shape index (κ2) is 6.07. The molecule has 1 aliphatic rings. The van der Waals surface area contributed by atoms with E-state index in [4.69, 9.17) is 5.11 Å². The molecule has 0 aromatic heterocycles. The van der Waals surface area contributed by atoms with Crippen molar-refractivity contribution in [2.45, 2.75) is 38.6 Å². The van der Waals surface area contributed by atoms with Crippen LogP contribution in [0.2, 0.25) is 0 Å². The Kier molecular flexibility index (Phi) is 4.40. The number of nitro groups is 1. The molecule has 1 aliphatic carbocycles. The second-order valence-electron chi connectivity index (χ2n) is 5.42. The molecule has 0 spiro atoms. The molecule has 21 heavy (non-hydrogen) atoms. The van der Waals surface area contributed by atoms with Crippen LogP contribution in [0.15, 0.2) is 12.1 Å². The van der Waals surface area contributed by atoms with Crippen LogP contribution in [-0.4, -0.2) is 22.0 Å². The minimum atomic E-state index is -1.52. The topological polar surface area (TPSA) is 92.5 Å². The molecule has 114 valence electrons. The molecule has 1 fully saturated rings. The lowest BCUT2D eigenvalue weighted by Gasteiger charge is -2.30. The average molecular weight is 296 g/mol. The number of benzene rings is 1. The number of aromatic carboxylic acids is 1. The summed E-state index contributed by atoms with van der Waals surface area (Å²) in [5, 5.41) is 22.9. The maximum absolute atomic E-state index is 13.8. The summed E-state index contributed by atoms with van der Waals surface area (Å²) in [4.78, 5) is 21.3. The number of carboxylic acids is 1. The van der Waals surface area contributed by atoms with E-state index >= 15 is 0 Å². The normalized spacial score (nSPS) is 21.8. The number of nitrogens with one attached hydrogen (secondary N) is 1. The SMILES string of the molecule is CC1CCCCC1Nc1cc(F)c(C(=O)O)cc1[N+](=O)[O-]. The number of halogens is 1. The summed E-state index contributed by atoms with van der Waals surface area (Å²) in [7, 11) is 0. The molecule has 0 saturated heterocycles. The van der Waals surface area contributed by atoms with Crippen LogP contribution in [0.5, 0.6) is 0 Å². The number of carboxylic acid groups (broad SMARTS) is 1. The van der Waals surface area contributed by atoms with Crippen molar-refractivity contribution < 1.29 is 19.2 Å². The van der Waals surface area contributed by atoms with Crippen LogP contribution >= 0.6 is 0 Å². The van der Waals surface area contributed by atoms with Crippen molar-refractivity contribution in [1.29, 1.82) is 0 Å². The van der Waals surface area contributed by atoms with E-state index in [2.05, 4.69) is 5.32 Å². The molecular formula is C14H17FN2O4. The highest BCUT2D eigenvalue weighted by Crippen LogP contribution is 2.32. The number of rotatable bonds is 4. The molecule has 2 atom stereocenters. The summed E-state index contributed by atoms with van der Waals surface area (Å²) in [6.45, 7) is 2.05. The Balaban J connectivity index is 2.35. The smallest absolute Gasteiger partial charge is 0.338 e. The minimum Gasteiger partial charge on any atom is -0.478 e. The van der Waals surface area contributed by atoms with Crippen molar-refractivity contribution in [3.05, 3.63) is 33.6 Å². The van der Waals surface area contributed by atoms with Gasteiger partial charge >= 0.3 is 5.97 Å². The Bertz CT molecular complexity index is 576. The van der Waals surface area contributed by atoms with Crippen molar-refractivity contribution in [3.8, 4) is 0 Å². The number of hydrogen-bond acceptors (Lipinski definition) is 4. The van der Waals surface area contributed by atoms with Gasteiger partial charge in [0.05, 0.1) is 4.92 Å². The lowest BCUT2D eigenvalue weighted by Crippen LogP contribution is -2.30. The third-order valence-electron chi connectivity index (χ3n) is 3.96. The van der Waals surface area contributed by atoms with Crippen molar-refractivity contribution >= 4 is 17.3 Å². The molecule has 7 heteroatoms. The largest absolute Gasteiger partial charge is 0.478 e. The standard InChI is InChI=1S/C14H17FN2O4/c1-8-4-2-3-5-11(8)16-12-7-10(15)9(14(18)19)6-13(12)17(20)21/h6-8,11,16H,2-5H2,1H3,(H,18,19). The Labute approximate surface area is 121 Å². The predicted octanol–water partition coefficient (Wildman–Crippen LogP) is 3.42. The van der Waals surface area contributed by atoms with E-state index in [1.807, 2.05) is 6.92 Å². The zero-order valence-corrected chi connectivity index (χ0v) is 11.6. The van der Waals surface area contributed by atoms with Crippen LogP contribution in [0.1, 0.15) is 43.0 Å². The van der Waals surface area contributed by atoms with E-state index in [0.717, 1.165) is 37.8 Å². The summed E-state index contributed by atoms with van der Waals surface area (Å²) in [6.07, 6.45) is 4.01. The van der Waals surface area contributed by atoms with Gasteiger partial charge in [-0.3, -0.25) is 10.1 Å². The van der Waals surface area contributed by atoms with E-state index in [0.29, 0.717) is 5.92 Å². The fourth-order valence-electron chi connectivity index (χ4n) is 2.72. The van der Waals surface area contributed by atoms with Crippen LogP contribution in [0.4, 0.5) is 15.8 Å². The Morgan fingerprint density at radius 2 is 2.10 bits per heavy atom. The number of hydrogen-bond donors (Lipinski definition) is 2. The molecule has 0 bridgehead atoms. The summed E-state index contributed by atoms with van der Waals surface area (Å²) in [5.74, 6) is -2.16. The number of nitro benzene ring substituents is 1. The van der Waals surface area contributed by atoms with Gasteiger partial charge in [0.25, 0.3) is 5.69 Å². The molecule has 2 rings (SSSR count). The lowest BCUT2D eigenvalue weighted by molar-refractivity contribution is -0.384. The molecule has 0 aliphatic heterocycles. The molecule has 0 heterocycles. The summed E-state index contributed by atoms with van der Waals surface area (Å²) >= 11 is 0. The Morgan fingerprint density at radius 3 is 2.67 bits per heavy atom. The third-order valence-corrected chi connectivity index (χ3v) is 3.96. The van der Waals surface area contributed by atoms with Gasteiger partial charge in [0.15, 0.2) is 0 Å². The fraction of sp³-hybridized carbons (Fsp3) is 0.500. The highest BCUT2D eigenvalue weighted by molar-refractivity contribution is 5.90. The van der Waals surface area contributed by atoms with Crippen LogP contribution in [0.3, 0.4) is 0 Å². The first-order valence-electron chi connectivity index (χ1n) is 6.88. The summed E-state index contributed by atoms with van der Waals surface area (Å²) in [5.41, 5.74) is -1.06. The summed E-state index contributed by atoms with van der Waals surface area (Å²) < 4.78 is 13.8. The number of anilines is 1. The van der Waals surface area contributed by atoms with Crippen LogP contribution < -0.4 is 5.32 Å². The molecule has 2 unspecified atom stereocenters. The molecule has 1 aromatic carbocycles. The van der Waals surface area contributed by atoms with Gasteiger partial charge in [-0.05, 0) is 18.8 Å². The first-order valence-corrected chi connectivity index (χ1v) is 6.88. The van der Waals surface area contributed by atoms with Crippen LogP contribution in [0.25, 0.3) is 0 Å². The van der Waals surface area contributed by atoms with E-state index in [1.165, 1.54) is 0 Å². The van der Waals surface area contributed by atoms with E-state index in [1.54, 1.807) is 0 Å². The molecule has 0 amide bonds. The first-order chi connectivity index (χ1) is 9.90. The molecule has 1 aromatic rings. The predicted molar refractivity (Wildman–Crippen MR) is 75.1 cm³/mol. The maximum Gasteiger partial charge on any atom is 0.338 e. The van der Waals surface area contributed by atoms with Crippen molar-refractivity contribution in [3.63, 3.8) is 0 Å². The Morgan fingerprint density at radius 1 is 1.43 bits per heavy atom. The quantitative estimate of drug-likeness (QED) is 0.656. The zero-order chi connectivity index (χ0) is 15.6. The fourth-order valence-corrected chi connectivity index (χ4v) is 2.72. The second-order valence-corrected chi connectivity index (χ2v) is 5.42. The number of nitrogens with zero attached hydrogens (tertiary/aromatic N) is 1. The highest BCUT2D eigenvalue weighted by Gasteiger charge is 2.26. The van der Waals surface area contributed by atoms with Gasteiger partial charge < -0.3 is 10.4 Å². The highest BCUT2D eigenvalue weighted by atomic mass is 19.1. The molecule has 0 radical (unpaired) electrons. The molecular weight excluding hydrogens is 279 g/mol. The lowest BCUT2D eigenvalue weighted by atomic mass is 9.86. The Hall–Kier alpha value is -2.18.